The Labute approximate surface area is 125 Å². The molecule has 0 saturated carbocycles. The summed E-state index contributed by atoms with van der Waals surface area (Å²) >= 11 is 0. The number of benzene rings is 1. The number of carbonyl (C=O) groups excluding carboxylic acids is 1. The smallest absolute Gasteiger partial charge is 0.321 e. The van der Waals surface area contributed by atoms with E-state index in [1.165, 1.54) is 11.1 Å². The van der Waals surface area contributed by atoms with Crippen LogP contribution in [0, 0.1) is 13.8 Å². The monoisotopic (exact) mass is 283 g/mol. The van der Waals surface area contributed by atoms with Crippen molar-refractivity contribution < 1.29 is 4.79 Å². The number of amides is 2. The van der Waals surface area contributed by atoms with Gasteiger partial charge in [-0.3, -0.25) is 4.98 Å². The highest BCUT2D eigenvalue weighted by Gasteiger charge is 2.10. The molecule has 2 rings (SSSR count). The van der Waals surface area contributed by atoms with Crippen molar-refractivity contribution in [2.24, 2.45) is 0 Å². The van der Waals surface area contributed by atoms with Crippen molar-refractivity contribution in [1.29, 1.82) is 0 Å². The fourth-order valence-electron chi connectivity index (χ4n) is 2.04. The molecule has 2 aromatic rings. The van der Waals surface area contributed by atoms with E-state index in [1.54, 1.807) is 17.3 Å². The number of hydrogen-bond acceptors (Lipinski definition) is 2. The molecule has 2 amide bonds. The van der Waals surface area contributed by atoms with Crippen LogP contribution in [0.3, 0.4) is 0 Å². The molecule has 0 aliphatic heterocycles. The van der Waals surface area contributed by atoms with Gasteiger partial charge in [0, 0.05) is 31.7 Å². The standard InChI is InChI=1S/C17H21N3O/c1-13-5-4-6-16(14(13)2)19-17(21)20(3)12-9-15-7-10-18-11-8-15/h4-8,10-11H,9,12H2,1-3H3,(H,19,21). The Morgan fingerprint density at radius 1 is 1.19 bits per heavy atom. The van der Waals surface area contributed by atoms with Crippen molar-refractivity contribution in [3.8, 4) is 0 Å². The predicted molar refractivity (Wildman–Crippen MR) is 85.5 cm³/mol. The molecule has 0 aliphatic rings. The summed E-state index contributed by atoms with van der Waals surface area (Å²) in [7, 11) is 1.81. The van der Waals surface area contributed by atoms with Gasteiger partial charge in [-0.2, -0.15) is 0 Å². The Bertz CT molecular complexity index is 611. The summed E-state index contributed by atoms with van der Waals surface area (Å²) in [5.74, 6) is 0. The first-order valence-electron chi connectivity index (χ1n) is 7.05. The van der Waals surface area contributed by atoms with Crippen molar-refractivity contribution in [1.82, 2.24) is 9.88 Å². The van der Waals surface area contributed by atoms with E-state index in [9.17, 15) is 4.79 Å². The van der Waals surface area contributed by atoms with Gasteiger partial charge in [-0.15, -0.1) is 0 Å². The van der Waals surface area contributed by atoms with Gasteiger partial charge >= 0.3 is 6.03 Å². The average molecular weight is 283 g/mol. The van der Waals surface area contributed by atoms with Gasteiger partial charge in [-0.1, -0.05) is 12.1 Å². The van der Waals surface area contributed by atoms with E-state index in [1.807, 2.05) is 51.2 Å². The number of anilines is 1. The van der Waals surface area contributed by atoms with E-state index < -0.39 is 0 Å². The van der Waals surface area contributed by atoms with Gasteiger partial charge in [0.1, 0.15) is 0 Å². The third-order valence-electron chi connectivity index (χ3n) is 3.68. The van der Waals surface area contributed by atoms with Gasteiger partial charge < -0.3 is 10.2 Å². The normalized spacial score (nSPS) is 10.2. The van der Waals surface area contributed by atoms with Crippen LogP contribution < -0.4 is 5.32 Å². The van der Waals surface area contributed by atoms with E-state index >= 15 is 0 Å². The Morgan fingerprint density at radius 2 is 1.90 bits per heavy atom. The first-order valence-corrected chi connectivity index (χ1v) is 7.05. The largest absolute Gasteiger partial charge is 0.327 e. The molecule has 0 bridgehead atoms. The quantitative estimate of drug-likeness (QED) is 0.934. The summed E-state index contributed by atoms with van der Waals surface area (Å²) in [6.07, 6.45) is 4.36. The lowest BCUT2D eigenvalue weighted by molar-refractivity contribution is 0.223. The van der Waals surface area contributed by atoms with Crippen LogP contribution in [0.1, 0.15) is 16.7 Å². The summed E-state index contributed by atoms with van der Waals surface area (Å²) in [6.45, 7) is 4.72. The van der Waals surface area contributed by atoms with Crippen LogP contribution in [-0.4, -0.2) is 29.5 Å². The molecule has 4 nitrogen and oxygen atoms in total. The van der Waals surface area contributed by atoms with Crippen molar-refractivity contribution in [3.63, 3.8) is 0 Å². The molecular formula is C17H21N3O. The number of rotatable bonds is 4. The Morgan fingerprint density at radius 3 is 2.62 bits per heavy atom. The Kier molecular flexibility index (Phi) is 4.93. The molecule has 21 heavy (non-hydrogen) atoms. The summed E-state index contributed by atoms with van der Waals surface area (Å²) < 4.78 is 0. The second kappa shape index (κ2) is 6.88. The second-order valence-electron chi connectivity index (χ2n) is 5.20. The summed E-state index contributed by atoms with van der Waals surface area (Å²) in [5, 5.41) is 2.96. The molecule has 1 aromatic carbocycles. The van der Waals surface area contributed by atoms with Crippen LogP contribution >= 0.6 is 0 Å². The van der Waals surface area contributed by atoms with Gasteiger partial charge in [0.15, 0.2) is 0 Å². The average Bonchev–Trinajstić information content (AvgIpc) is 2.50. The van der Waals surface area contributed by atoms with Gasteiger partial charge in [0.2, 0.25) is 0 Å². The molecule has 110 valence electrons. The maximum atomic E-state index is 12.2. The van der Waals surface area contributed by atoms with Gasteiger partial charge in [-0.25, -0.2) is 4.79 Å². The highest BCUT2D eigenvalue weighted by Crippen LogP contribution is 2.18. The maximum absolute atomic E-state index is 12.2. The Hall–Kier alpha value is -2.36. The number of carbonyl (C=O) groups is 1. The molecule has 1 heterocycles. The molecule has 0 fully saturated rings. The second-order valence-corrected chi connectivity index (χ2v) is 5.20. The number of hydrogen-bond donors (Lipinski definition) is 1. The van der Waals surface area contributed by atoms with E-state index in [0.717, 1.165) is 17.7 Å². The van der Waals surface area contributed by atoms with E-state index in [4.69, 9.17) is 0 Å². The van der Waals surface area contributed by atoms with Gasteiger partial charge in [-0.05, 0) is 55.2 Å². The molecule has 0 spiro atoms. The van der Waals surface area contributed by atoms with Crippen LogP contribution in [0.15, 0.2) is 42.7 Å². The molecule has 1 N–H and O–H groups in total. The van der Waals surface area contributed by atoms with Crippen LogP contribution in [0.5, 0.6) is 0 Å². The van der Waals surface area contributed by atoms with Gasteiger partial charge in [0.25, 0.3) is 0 Å². The number of likely N-dealkylation sites (N-methyl/N-ethyl adjacent to an activating group) is 1. The molecule has 4 heteroatoms. The number of aromatic nitrogens is 1. The van der Waals surface area contributed by atoms with Gasteiger partial charge in [0.05, 0.1) is 0 Å². The SMILES string of the molecule is Cc1cccc(NC(=O)N(C)CCc2ccncc2)c1C. The highest BCUT2D eigenvalue weighted by atomic mass is 16.2. The van der Waals surface area contributed by atoms with Crippen LogP contribution in [0.4, 0.5) is 10.5 Å². The number of pyridine rings is 1. The predicted octanol–water partition coefficient (Wildman–Crippen LogP) is 3.40. The fourth-order valence-corrected chi connectivity index (χ4v) is 2.04. The molecule has 0 aliphatic carbocycles. The van der Waals surface area contributed by atoms with Crippen molar-refractivity contribution in [3.05, 3.63) is 59.4 Å². The molecule has 0 radical (unpaired) electrons. The summed E-state index contributed by atoms with van der Waals surface area (Å²) in [4.78, 5) is 17.9. The summed E-state index contributed by atoms with van der Waals surface area (Å²) in [6, 6.07) is 9.77. The van der Waals surface area contributed by atoms with Crippen molar-refractivity contribution in [2.75, 3.05) is 18.9 Å². The van der Waals surface area contributed by atoms with E-state index in [-0.39, 0.29) is 6.03 Å². The van der Waals surface area contributed by atoms with E-state index in [2.05, 4.69) is 10.3 Å². The van der Waals surface area contributed by atoms with Crippen molar-refractivity contribution >= 4 is 11.7 Å². The lowest BCUT2D eigenvalue weighted by atomic mass is 10.1. The lowest BCUT2D eigenvalue weighted by Crippen LogP contribution is -2.33. The first-order chi connectivity index (χ1) is 10.1. The molecular weight excluding hydrogens is 262 g/mol. The highest BCUT2D eigenvalue weighted by molar-refractivity contribution is 5.90. The Balaban J connectivity index is 1.92. The lowest BCUT2D eigenvalue weighted by Gasteiger charge is -2.19. The third-order valence-corrected chi connectivity index (χ3v) is 3.68. The molecule has 0 saturated heterocycles. The minimum atomic E-state index is -0.0854. The number of aryl methyl sites for hydroxylation is 1. The van der Waals surface area contributed by atoms with Crippen LogP contribution in [0.2, 0.25) is 0 Å². The molecule has 1 aromatic heterocycles. The zero-order valence-electron chi connectivity index (χ0n) is 12.8. The molecule has 0 atom stereocenters. The number of nitrogens with zero attached hydrogens (tertiary/aromatic N) is 2. The van der Waals surface area contributed by atoms with E-state index in [0.29, 0.717) is 6.54 Å². The minimum absolute atomic E-state index is 0.0854. The zero-order valence-corrected chi connectivity index (χ0v) is 12.8. The number of urea groups is 1. The van der Waals surface area contributed by atoms with Crippen LogP contribution in [0.25, 0.3) is 0 Å². The third kappa shape index (κ3) is 4.05. The fraction of sp³-hybridized carbons (Fsp3) is 0.294. The number of nitrogens with one attached hydrogen (secondary N) is 1. The summed E-state index contributed by atoms with van der Waals surface area (Å²) in [5.41, 5.74) is 4.33. The zero-order chi connectivity index (χ0) is 15.2. The first kappa shape index (κ1) is 15.0. The molecule has 0 unspecified atom stereocenters. The minimum Gasteiger partial charge on any atom is -0.327 e. The van der Waals surface area contributed by atoms with Crippen molar-refractivity contribution in [2.45, 2.75) is 20.3 Å². The maximum Gasteiger partial charge on any atom is 0.321 e. The topological polar surface area (TPSA) is 45.2 Å². The van der Waals surface area contributed by atoms with Crippen LogP contribution in [-0.2, 0) is 6.42 Å².